The number of hydrogen-bond donors (Lipinski definition) is 0. The van der Waals surface area contributed by atoms with Gasteiger partial charge < -0.3 is 4.74 Å². The van der Waals surface area contributed by atoms with E-state index in [1.165, 1.54) is 64.2 Å². The predicted molar refractivity (Wildman–Crippen MR) is 105 cm³/mol. The first-order valence-corrected chi connectivity index (χ1v) is 10.7. The second-order valence-corrected chi connectivity index (χ2v) is 7.12. The van der Waals surface area contributed by atoms with Crippen molar-refractivity contribution in [3.63, 3.8) is 0 Å². The molecule has 0 unspecified atom stereocenters. The van der Waals surface area contributed by atoms with Crippen molar-refractivity contribution in [3.05, 3.63) is 11.9 Å². The number of unbranched alkanes of at least 4 members (excludes halogenated alkanes) is 13. The lowest BCUT2D eigenvalue weighted by molar-refractivity contribution is -0.139. The highest BCUT2D eigenvalue weighted by Crippen LogP contribution is 2.14. The Morgan fingerprint density at radius 2 is 1.16 bits per heavy atom. The highest BCUT2D eigenvalue weighted by atomic mass is 19.1. The third-order valence-electron chi connectivity index (χ3n) is 4.67. The van der Waals surface area contributed by atoms with Gasteiger partial charge in [0.1, 0.15) is 0 Å². The molecule has 0 aliphatic rings. The fourth-order valence-corrected chi connectivity index (χ4v) is 2.97. The van der Waals surface area contributed by atoms with Crippen molar-refractivity contribution in [2.24, 2.45) is 0 Å². The smallest absolute Gasteiger partial charge is 0.336 e. The van der Waals surface area contributed by atoms with Crippen LogP contribution in [0, 0.1) is 0 Å². The summed E-state index contributed by atoms with van der Waals surface area (Å²) in [7, 11) is 0. The van der Waals surface area contributed by atoms with E-state index in [2.05, 4.69) is 13.8 Å². The topological polar surface area (TPSA) is 26.3 Å². The molecule has 148 valence electrons. The molecular formula is C22H41FO2. The maximum absolute atomic E-state index is 12.8. The van der Waals surface area contributed by atoms with Crippen molar-refractivity contribution in [2.45, 2.75) is 117 Å². The van der Waals surface area contributed by atoms with Gasteiger partial charge in [-0.1, -0.05) is 97.3 Å². The van der Waals surface area contributed by atoms with Gasteiger partial charge in [0.2, 0.25) is 0 Å². The summed E-state index contributed by atoms with van der Waals surface area (Å²) in [5.74, 6) is -0.464. The second kappa shape index (κ2) is 19.5. The van der Waals surface area contributed by atoms with Crippen LogP contribution in [0.25, 0.3) is 0 Å². The Bertz CT molecular complexity index is 326. The normalized spacial score (nSPS) is 11.7. The van der Waals surface area contributed by atoms with Crippen LogP contribution < -0.4 is 0 Å². The van der Waals surface area contributed by atoms with Crippen molar-refractivity contribution in [1.82, 2.24) is 0 Å². The summed E-state index contributed by atoms with van der Waals surface area (Å²) in [5, 5.41) is 0. The molecule has 0 saturated heterocycles. The standard InChI is InChI=1S/C22H41FO2/c1-3-5-7-9-10-11-12-13-15-17-19-25-22(24)21(20-23)18-16-14-8-6-4-2/h20H,3-19H2,1-2H3. The molecule has 3 heteroatoms. The first kappa shape index (κ1) is 24.1. The molecule has 0 heterocycles. The molecule has 0 aromatic heterocycles. The molecule has 0 radical (unpaired) electrons. The molecule has 0 spiro atoms. The van der Waals surface area contributed by atoms with Gasteiger partial charge in [-0.2, -0.15) is 0 Å². The fourth-order valence-electron chi connectivity index (χ4n) is 2.97. The fraction of sp³-hybridized carbons (Fsp3) is 0.864. The molecule has 0 aromatic carbocycles. The van der Waals surface area contributed by atoms with E-state index in [1.807, 2.05) is 0 Å². The SMILES string of the molecule is CCCCCCCCCCCCOC(=O)C(=CF)CCCCCCC. The highest BCUT2D eigenvalue weighted by molar-refractivity contribution is 5.88. The summed E-state index contributed by atoms with van der Waals surface area (Å²) >= 11 is 0. The van der Waals surface area contributed by atoms with Crippen molar-refractivity contribution in [1.29, 1.82) is 0 Å². The number of carbonyl (C=O) groups excluding carboxylic acids is 1. The van der Waals surface area contributed by atoms with E-state index >= 15 is 0 Å². The van der Waals surface area contributed by atoms with Gasteiger partial charge in [-0.15, -0.1) is 0 Å². The van der Waals surface area contributed by atoms with Gasteiger partial charge in [-0.05, 0) is 19.3 Å². The van der Waals surface area contributed by atoms with E-state index in [-0.39, 0.29) is 5.57 Å². The number of halogens is 1. The third-order valence-corrected chi connectivity index (χ3v) is 4.67. The van der Waals surface area contributed by atoms with Crippen molar-refractivity contribution in [3.8, 4) is 0 Å². The Morgan fingerprint density at radius 3 is 1.64 bits per heavy atom. The monoisotopic (exact) mass is 356 g/mol. The number of esters is 1. The average Bonchev–Trinajstić information content (AvgIpc) is 2.62. The van der Waals surface area contributed by atoms with Crippen LogP contribution in [-0.4, -0.2) is 12.6 Å². The van der Waals surface area contributed by atoms with Crippen LogP contribution in [-0.2, 0) is 9.53 Å². The third kappa shape index (κ3) is 16.4. The second-order valence-electron chi connectivity index (χ2n) is 7.12. The van der Waals surface area contributed by atoms with Gasteiger partial charge >= 0.3 is 5.97 Å². The quantitative estimate of drug-likeness (QED) is 0.143. The minimum Gasteiger partial charge on any atom is -0.462 e. The van der Waals surface area contributed by atoms with Crippen molar-refractivity contribution in [2.75, 3.05) is 6.61 Å². The summed E-state index contributed by atoms with van der Waals surface area (Å²) in [5.41, 5.74) is 0.198. The number of hydrogen-bond acceptors (Lipinski definition) is 2. The van der Waals surface area contributed by atoms with Crippen molar-refractivity contribution >= 4 is 5.97 Å². The number of carbonyl (C=O) groups is 1. The summed E-state index contributed by atoms with van der Waals surface area (Å²) < 4.78 is 18.0. The predicted octanol–water partition coefficient (Wildman–Crippen LogP) is 7.66. The largest absolute Gasteiger partial charge is 0.462 e. The first-order valence-electron chi connectivity index (χ1n) is 10.7. The lowest BCUT2D eigenvalue weighted by Gasteiger charge is -2.07. The Kier molecular flexibility index (Phi) is 18.8. The van der Waals surface area contributed by atoms with Gasteiger partial charge in [0.15, 0.2) is 0 Å². The molecule has 0 aromatic rings. The maximum Gasteiger partial charge on any atom is 0.336 e. The van der Waals surface area contributed by atoms with Crippen LogP contribution in [0.2, 0.25) is 0 Å². The van der Waals surface area contributed by atoms with Gasteiger partial charge in [0.05, 0.1) is 18.5 Å². The van der Waals surface area contributed by atoms with Gasteiger partial charge in [-0.3, -0.25) is 0 Å². The zero-order chi connectivity index (χ0) is 18.6. The Labute approximate surface area is 155 Å². The molecule has 0 aliphatic carbocycles. The molecule has 25 heavy (non-hydrogen) atoms. The van der Waals surface area contributed by atoms with E-state index in [1.54, 1.807) is 0 Å². The van der Waals surface area contributed by atoms with E-state index < -0.39 is 5.97 Å². The zero-order valence-corrected chi connectivity index (χ0v) is 16.8. The molecule has 2 nitrogen and oxygen atoms in total. The minimum atomic E-state index is -0.464. The Hall–Kier alpha value is -0.860. The molecule has 0 rings (SSSR count). The summed E-state index contributed by atoms with van der Waals surface area (Å²) in [4.78, 5) is 11.8. The van der Waals surface area contributed by atoms with E-state index in [0.717, 1.165) is 32.1 Å². The molecular weight excluding hydrogens is 315 g/mol. The first-order chi connectivity index (χ1) is 12.3. The molecule has 0 atom stereocenters. The highest BCUT2D eigenvalue weighted by Gasteiger charge is 2.10. The van der Waals surface area contributed by atoms with Crippen LogP contribution in [0.15, 0.2) is 11.9 Å². The van der Waals surface area contributed by atoms with Crippen LogP contribution >= 0.6 is 0 Å². The van der Waals surface area contributed by atoms with Crippen LogP contribution in [0.3, 0.4) is 0 Å². The summed E-state index contributed by atoms with van der Waals surface area (Å²) in [6, 6.07) is 0. The van der Waals surface area contributed by atoms with E-state index in [0.29, 0.717) is 19.4 Å². The molecule has 0 saturated carbocycles. The lowest BCUT2D eigenvalue weighted by Crippen LogP contribution is -2.09. The Morgan fingerprint density at radius 1 is 0.720 bits per heavy atom. The number of ether oxygens (including phenoxy) is 1. The van der Waals surface area contributed by atoms with Crippen molar-refractivity contribution < 1.29 is 13.9 Å². The summed E-state index contributed by atoms with van der Waals surface area (Å²) in [6.07, 6.45) is 18.9. The number of rotatable bonds is 18. The minimum absolute atomic E-state index is 0.198. The molecule has 0 fully saturated rings. The van der Waals surface area contributed by atoms with E-state index in [4.69, 9.17) is 4.74 Å². The van der Waals surface area contributed by atoms with Crippen LogP contribution in [0.5, 0.6) is 0 Å². The summed E-state index contributed by atoms with van der Waals surface area (Å²) in [6.45, 7) is 4.83. The van der Waals surface area contributed by atoms with Crippen LogP contribution in [0.1, 0.15) is 117 Å². The zero-order valence-electron chi connectivity index (χ0n) is 16.8. The average molecular weight is 357 g/mol. The maximum atomic E-state index is 12.8. The van der Waals surface area contributed by atoms with Gasteiger partial charge in [0.25, 0.3) is 0 Å². The lowest BCUT2D eigenvalue weighted by atomic mass is 10.1. The van der Waals surface area contributed by atoms with Crippen LogP contribution in [0.4, 0.5) is 4.39 Å². The molecule has 0 amide bonds. The van der Waals surface area contributed by atoms with Gasteiger partial charge in [-0.25, -0.2) is 9.18 Å². The molecule has 0 N–H and O–H groups in total. The van der Waals surface area contributed by atoms with Gasteiger partial charge in [0, 0.05) is 0 Å². The molecule has 0 aliphatic heterocycles. The Balaban J connectivity index is 3.48. The van der Waals surface area contributed by atoms with E-state index in [9.17, 15) is 9.18 Å². The molecule has 0 bridgehead atoms.